The highest BCUT2D eigenvalue weighted by molar-refractivity contribution is 9.10. The van der Waals surface area contributed by atoms with Crippen molar-refractivity contribution in [3.8, 4) is 0 Å². The number of hydrogen-bond donors (Lipinski definition) is 1. The average molecular weight is 351 g/mol. The lowest BCUT2D eigenvalue weighted by molar-refractivity contribution is 0.203. The fourth-order valence-electron chi connectivity index (χ4n) is 2.16. The van der Waals surface area contributed by atoms with Gasteiger partial charge in [-0.2, -0.15) is 0 Å². The molecule has 0 amide bonds. The van der Waals surface area contributed by atoms with Crippen LogP contribution in [0.2, 0.25) is 0 Å². The average Bonchev–Trinajstić information content (AvgIpc) is 2.40. The van der Waals surface area contributed by atoms with E-state index in [1.54, 1.807) is 11.8 Å². The third-order valence-electron chi connectivity index (χ3n) is 3.45. The molecule has 0 heterocycles. The highest BCUT2D eigenvalue weighted by Gasteiger charge is 2.12. The molecule has 0 spiro atoms. The predicted molar refractivity (Wildman–Crippen MR) is 90.5 cm³/mol. The monoisotopic (exact) mass is 350 g/mol. The molecule has 2 rings (SSSR count). The van der Waals surface area contributed by atoms with Gasteiger partial charge < -0.3 is 5.11 Å². The summed E-state index contributed by atoms with van der Waals surface area (Å²) in [6.45, 7) is 6.26. The summed E-state index contributed by atoms with van der Waals surface area (Å²) < 4.78 is 1.07. The van der Waals surface area contributed by atoms with Crippen molar-refractivity contribution in [2.75, 3.05) is 5.75 Å². The van der Waals surface area contributed by atoms with Crippen LogP contribution >= 0.6 is 27.7 Å². The van der Waals surface area contributed by atoms with Gasteiger partial charge in [-0.25, -0.2) is 0 Å². The minimum absolute atomic E-state index is 0.432. The van der Waals surface area contributed by atoms with Gasteiger partial charge in [-0.15, -0.1) is 11.8 Å². The van der Waals surface area contributed by atoms with Gasteiger partial charge in [-0.3, -0.25) is 0 Å². The molecule has 106 valence electrons. The van der Waals surface area contributed by atoms with Crippen LogP contribution < -0.4 is 0 Å². The fourth-order valence-corrected chi connectivity index (χ4v) is 3.63. The predicted octanol–water partition coefficient (Wildman–Crippen LogP) is 5.20. The Morgan fingerprint density at radius 1 is 1.05 bits per heavy atom. The van der Waals surface area contributed by atoms with E-state index in [1.165, 1.54) is 16.0 Å². The zero-order valence-electron chi connectivity index (χ0n) is 12.0. The molecule has 20 heavy (non-hydrogen) atoms. The van der Waals surface area contributed by atoms with Crippen molar-refractivity contribution in [3.63, 3.8) is 0 Å². The summed E-state index contributed by atoms with van der Waals surface area (Å²) in [6, 6.07) is 12.4. The van der Waals surface area contributed by atoms with Crippen LogP contribution in [0.15, 0.2) is 45.8 Å². The van der Waals surface area contributed by atoms with Gasteiger partial charge >= 0.3 is 0 Å². The van der Waals surface area contributed by atoms with E-state index in [0.29, 0.717) is 5.75 Å². The topological polar surface area (TPSA) is 20.2 Å². The zero-order valence-corrected chi connectivity index (χ0v) is 14.4. The highest BCUT2D eigenvalue weighted by atomic mass is 79.9. The lowest BCUT2D eigenvalue weighted by atomic mass is 9.98. The van der Waals surface area contributed by atoms with Gasteiger partial charge in [0.1, 0.15) is 0 Å². The number of thioether (sulfide) groups is 1. The second-order valence-electron chi connectivity index (χ2n) is 5.08. The molecule has 2 aromatic carbocycles. The first-order valence-electron chi connectivity index (χ1n) is 6.61. The molecule has 0 saturated heterocycles. The van der Waals surface area contributed by atoms with Crippen molar-refractivity contribution in [3.05, 3.63) is 63.1 Å². The number of benzene rings is 2. The SMILES string of the molecule is Cc1cc(C)c(C(O)CSc2cccc(Br)c2)cc1C. The van der Waals surface area contributed by atoms with E-state index < -0.39 is 6.10 Å². The minimum atomic E-state index is -0.432. The fraction of sp³-hybridized carbons (Fsp3) is 0.294. The van der Waals surface area contributed by atoms with Crippen LogP contribution in [0.4, 0.5) is 0 Å². The molecule has 0 aromatic heterocycles. The van der Waals surface area contributed by atoms with E-state index >= 15 is 0 Å². The first kappa shape index (κ1) is 15.6. The van der Waals surface area contributed by atoms with Crippen molar-refractivity contribution in [1.82, 2.24) is 0 Å². The highest BCUT2D eigenvalue weighted by Crippen LogP contribution is 2.29. The van der Waals surface area contributed by atoms with E-state index in [-0.39, 0.29) is 0 Å². The molecule has 1 nitrogen and oxygen atoms in total. The third kappa shape index (κ3) is 3.87. The van der Waals surface area contributed by atoms with Gasteiger partial charge in [-0.1, -0.05) is 34.1 Å². The Balaban J connectivity index is 2.09. The molecule has 0 fully saturated rings. The molecule has 0 aliphatic heterocycles. The first-order chi connectivity index (χ1) is 9.47. The number of halogens is 1. The summed E-state index contributed by atoms with van der Waals surface area (Å²) in [4.78, 5) is 1.17. The van der Waals surface area contributed by atoms with E-state index in [2.05, 4.69) is 61.0 Å². The quantitative estimate of drug-likeness (QED) is 0.764. The number of rotatable bonds is 4. The molecule has 0 bridgehead atoms. The summed E-state index contributed by atoms with van der Waals surface area (Å²) in [5.74, 6) is 0.666. The molecular formula is C17H19BrOS. The van der Waals surface area contributed by atoms with Crippen molar-refractivity contribution in [2.45, 2.75) is 31.8 Å². The number of aliphatic hydroxyl groups is 1. The Labute approximate surface area is 133 Å². The maximum Gasteiger partial charge on any atom is 0.0886 e. The third-order valence-corrected chi connectivity index (χ3v) is 5.01. The normalized spacial score (nSPS) is 12.4. The Morgan fingerprint density at radius 3 is 2.45 bits per heavy atom. The van der Waals surface area contributed by atoms with Crippen LogP contribution in [-0.2, 0) is 0 Å². The van der Waals surface area contributed by atoms with Crippen LogP contribution in [0.25, 0.3) is 0 Å². The summed E-state index contributed by atoms with van der Waals surface area (Å²) in [5.41, 5.74) is 4.71. The van der Waals surface area contributed by atoms with Crippen LogP contribution in [-0.4, -0.2) is 10.9 Å². The van der Waals surface area contributed by atoms with Crippen LogP contribution in [0.1, 0.15) is 28.4 Å². The van der Waals surface area contributed by atoms with Crippen molar-refractivity contribution in [2.24, 2.45) is 0 Å². The van der Waals surface area contributed by atoms with Crippen molar-refractivity contribution < 1.29 is 5.11 Å². The molecule has 2 aromatic rings. The first-order valence-corrected chi connectivity index (χ1v) is 8.39. The van der Waals surface area contributed by atoms with Crippen LogP contribution in [0.5, 0.6) is 0 Å². The minimum Gasteiger partial charge on any atom is -0.388 e. The van der Waals surface area contributed by atoms with Gasteiger partial charge in [0.25, 0.3) is 0 Å². The number of hydrogen-bond acceptors (Lipinski definition) is 2. The van der Waals surface area contributed by atoms with Gasteiger partial charge in [-0.05, 0) is 61.2 Å². The van der Waals surface area contributed by atoms with Gasteiger partial charge in [0.15, 0.2) is 0 Å². The molecule has 0 saturated carbocycles. The Bertz CT molecular complexity index is 610. The summed E-state index contributed by atoms with van der Waals surface area (Å²) >= 11 is 5.14. The van der Waals surface area contributed by atoms with Crippen molar-refractivity contribution in [1.29, 1.82) is 0 Å². The van der Waals surface area contributed by atoms with E-state index in [4.69, 9.17) is 0 Å². The second-order valence-corrected chi connectivity index (χ2v) is 7.09. The molecule has 3 heteroatoms. The lowest BCUT2D eigenvalue weighted by Crippen LogP contribution is -2.04. The van der Waals surface area contributed by atoms with E-state index in [1.807, 2.05) is 12.1 Å². The van der Waals surface area contributed by atoms with Gasteiger partial charge in [0, 0.05) is 15.1 Å². The van der Waals surface area contributed by atoms with E-state index in [9.17, 15) is 5.11 Å². The number of aliphatic hydroxyl groups excluding tert-OH is 1. The van der Waals surface area contributed by atoms with E-state index in [0.717, 1.165) is 15.6 Å². The summed E-state index contributed by atoms with van der Waals surface area (Å²) in [5, 5.41) is 10.4. The molecule has 0 aliphatic carbocycles. The molecule has 1 N–H and O–H groups in total. The maximum atomic E-state index is 10.4. The molecule has 0 aliphatic rings. The van der Waals surface area contributed by atoms with Gasteiger partial charge in [0.2, 0.25) is 0 Å². The van der Waals surface area contributed by atoms with Gasteiger partial charge in [0.05, 0.1) is 6.10 Å². The smallest absolute Gasteiger partial charge is 0.0886 e. The van der Waals surface area contributed by atoms with Crippen LogP contribution in [0.3, 0.4) is 0 Å². The molecule has 1 atom stereocenters. The second kappa shape index (κ2) is 6.79. The molecule has 0 radical (unpaired) electrons. The molecule has 1 unspecified atom stereocenters. The van der Waals surface area contributed by atoms with Crippen molar-refractivity contribution >= 4 is 27.7 Å². The maximum absolute atomic E-state index is 10.4. The summed E-state index contributed by atoms with van der Waals surface area (Å²) in [6.07, 6.45) is -0.432. The Kier molecular flexibility index (Phi) is 5.30. The lowest BCUT2D eigenvalue weighted by Gasteiger charge is -2.16. The Morgan fingerprint density at radius 2 is 1.75 bits per heavy atom. The van der Waals surface area contributed by atoms with Crippen LogP contribution in [0, 0.1) is 20.8 Å². The largest absolute Gasteiger partial charge is 0.388 e. The number of aryl methyl sites for hydroxylation is 3. The zero-order chi connectivity index (χ0) is 14.7. The summed E-state index contributed by atoms with van der Waals surface area (Å²) in [7, 11) is 0. The molecular weight excluding hydrogens is 332 g/mol. The Hall–Kier alpha value is -0.770. The standard InChI is InChI=1S/C17H19BrOS/c1-11-7-13(3)16(8-12(11)2)17(19)10-20-15-6-4-5-14(18)9-15/h4-9,17,19H,10H2,1-3H3.